The van der Waals surface area contributed by atoms with Crippen molar-refractivity contribution in [3.05, 3.63) is 71.4 Å². The minimum Gasteiger partial charge on any atom is -0.360 e. The molecule has 5 nitrogen and oxygen atoms in total. The van der Waals surface area contributed by atoms with Crippen LogP contribution < -0.4 is 5.32 Å². The predicted molar refractivity (Wildman–Crippen MR) is 112 cm³/mol. The third-order valence-electron chi connectivity index (χ3n) is 5.20. The van der Waals surface area contributed by atoms with Gasteiger partial charge in [0.05, 0.1) is 0 Å². The van der Waals surface area contributed by atoms with Crippen molar-refractivity contribution in [3.8, 4) is 0 Å². The summed E-state index contributed by atoms with van der Waals surface area (Å²) in [4.78, 5) is 29.3. The molecule has 2 heterocycles. The van der Waals surface area contributed by atoms with Gasteiger partial charge in [-0.25, -0.2) is 0 Å². The van der Waals surface area contributed by atoms with Gasteiger partial charge in [0.25, 0.3) is 5.91 Å². The number of amides is 2. The van der Waals surface area contributed by atoms with Gasteiger partial charge in [-0.3, -0.25) is 9.59 Å². The lowest BCUT2D eigenvalue weighted by atomic mass is 9.98. The molecule has 0 fully saturated rings. The molecule has 3 aromatic rings. The number of carbonyl (C=O) groups is 2. The zero-order valence-corrected chi connectivity index (χ0v) is 16.1. The van der Waals surface area contributed by atoms with Crippen molar-refractivity contribution in [2.75, 3.05) is 18.4 Å². The SMILES string of the molecule is CC(=O)Nc1cccc(C(=O)N2CC=C(c3c[nH]c4c(C)cccc34)CC2)c1. The summed E-state index contributed by atoms with van der Waals surface area (Å²) in [7, 11) is 0. The zero-order valence-electron chi connectivity index (χ0n) is 16.1. The lowest BCUT2D eigenvalue weighted by Crippen LogP contribution is -2.34. The summed E-state index contributed by atoms with van der Waals surface area (Å²) in [6.45, 7) is 4.82. The van der Waals surface area contributed by atoms with Gasteiger partial charge in [-0.15, -0.1) is 0 Å². The number of aromatic amines is 1. The number of nitrogens with zero attached hydrogens (tertiary/aromatic N) is 1. The molecule has 0 saturated carbocycles. The number of nitrogens with one attached hydrogen (secondary N) is 2. The maximum Gasteiger partial charge on any atom is 0.254 e. The lowest BCUT2D eigenvalue weighted by Gasteiger charge is -2.26. The van der Waals surface area contributed by atoms with Gasteiger partial charge in [-0.1, -0.05) is 30.3 Å². The van der Waals surface area contributed by atoms with Gasteiger partial charge >= 0.3 is 0 Å². The molecule has 0 bridgehead atoms. The van der Waals surface area contributed by atoms with Crippen LogP contribution in [0.15, 0.2) is 54.7 Å². The number of hydrogen-bond donors (Lipinski definition) is 2. The number of aromatic nitrogens is 1. The second-order valence-electron chi connectivity index (χ2n) is 7.19. The Hall–Kier alpha value is -3.34. The van der Waals surface area contributed by atoms with Crippen LogP contribution in [0.1, 0.15) is 34.8 Å². The number of hydrogen-bond acceptors (Lipinski definition) is 2. The van der Waals surface area contributed by atoms with Crippen LogP contribution in [0.5, 0.6) is 0 Å². The van der Waals surface area contributed by atoms with Crippen molar-refractivity contribution >= 4 is 34.0 Å². The van der Waals surface area contributed by atoms with E-state index in [2.05, 4.69) is 47.7 Å². The van der Waals surface area contributed by atoms with Crippen LogP contribution in [-0.4, -0.2) is 34.8 Å². The van der Waals surface area contributed by atoms with Crippen molar-refractivity contribution in [1.29, 1.82) is 0 Å². The summed E-state index contributed by atoms with van der Waals surface area (Å²) < 4.78 is 0. The molecule has 2 aromatic carbocycles. The van der Waals surface area contributed by atoms with E-state index < -0.39 is 0 Å². The van der Waals surface area contributed by atoms with E-state index in [4.69, 9.17) is 0 Å². The monoisotopic (exact) mass is 373 g/mol. The smallest absolute Gasteiger partial charge is 0.254 e. The fourth-order valence-electron chi connectivity index (χ4n) is 3.79. The highest BCUT2D eigenvalue weighted by Gasteiger charge is 2.21. The second-order valence-corrected chi connectivity index (χ2v) is 7.19. The molecular formula is C23H23N3O2. The first-order valence-electron chi connectivity index (χ1n) is 9.46. The van der Waals surface area contributed by atoms with E-state index in [0.717, 1.165) is 6.42 Å². The van der Waals surface area contributed by atoms with Crippen molar-refractivity contribution in [2.24, 2.45) is 0 Å². The van der Waals surface area contributed by atoms with Gasteiger partial charge in [0.2, 0.25) is 5.91 Å². The van der Waals surface area contributed by atoms with Gasteiger partial charge in [0, 0.05) is 53.9 Å². The molecule has 1 aliphatic rings. The van der Waals surface area contributed by atoms with Gasteiger partial charge < -0.3 is 15.2 Å². The Morgan fingerprint density at radius 1 is 1.14 bits per heavy atom. The first-order valence-corrected chi connectivity index (χ1v) is 9.46. The molecule has 1 aliphatic heterocycles. The zero-order chi connectivity index (χ0) is 19.7. The average Bonchev–Trinajstić information content (AvgIpc) is 3.13. The number of H-pyrrole nitrogens is 1. The summed E-state index contributed by atoms with van der Waals surface area (Å²) >= 11 is 0. The van der Waals surface area contributed by atoms with E-state index in [0.29, 0.717) is 24.3 Å². The summed E-state index contributed by atoms with van der Waals surface area (Å²) in [6.07, 6.45) is 5.03. The summed E-state index contributed by atoms with van der Waals surface area (Å²) in [5.41, 5.74) is 6.13. The van der Waals surface area contributed by atoms with E-state index in [9.17, 15) is 9.59 Å². The van der Waals surface area contributed by atoms with Crippen LogP contribution >= 0.6 is 0 Å². The molecule has 0 spiro atoms. The fourth-order valence-corrected chi connectivity index (χ4v) is 3.79. The van der Waals surface area contributed by atoms with Crippen LogP contribution in [0.2, 0.25) is 0 Å². The number of benzene rings is 2. The van der Waals surface area contributed by atoms with Crippen LogP contribution in [0.25, 0.3) is 16.5 Å². The molecule has 28 heavy (non-hydrogen) atoms. The molecular weight excluding hydrogens is 350 g/mol. The van der Waals surface area contributed by atoms with Crippen molar-refractivity contribution < 1.29 is 9.59 Å². The molecule has 2 N–H and O–H groups in total. The molecule has 0 radical (unpaired) electrons. The number of para-hydroxylation sites is 1. The standard InChI is InChI=1S/C23H23N3O2/c1-15-5-3-8-20-21(14-24-22(15)20)17-9-11-26(12-10-17)23(28)18-6-4-7-19(13-18)25-16(2)27/h3-9,13-14,24H,10-12H2,1-2H3,(H,25,27). The second kappa shape index (κ2) is 7.35. The third-order valence-corrected chi connectivity index (χ3v) is 5.20. The number of aryl methyl sites for hydroxylation is 1. The Morgan fingerprint density at radius 2 is 1.96 bits per heavy atom. The topological polar surface area (TPSA) is 65.2 Å². The molecule has 0 aliphatic carbocycles. The average molecular weight is 373 g/mol. The van der Waals surface area contributed by atoms with Gasteiger partial charge in [0.15, 0.2) is 0 Å². The van der Waals surface area contributed by atoms with Crippen LogP contribution in [-0.2, 0) is 4.79 Å². The Kier molecular flexibility index (Phi) is 4.74. The number of anilines is 1. The third kappa shape index (κ3) is 3.43. The predicted octanol–water partition coefficient (Wildman–Crippen LogP) is 4.36. The highest BCUT2D eigenvalue weighted by Crippen LogP contribution is 2.30. The molecule has 2 amide bonds. The van der Waals surface area contributed by atoms with E-state index in [1.165, 1.54) is 34.5 Å². The highest BCUT2D eigenvalue weighted by molar-refractivity contribution is 5.98. The van der Waals surface area contributed by atoms with Crippen LogP contribution in [0.4, 0.5) is 5.69 Å². The molecule has 5 heteroatoms. The van der Waals surface area contributed by atoms with E-state index in [1.807, 2.05) is 4.90 Å². The first-order chi connectivity index (χ1) is 13.5. The van der Waals surface area contributed by atoms with Gasteiger partial charge in [-0.05, 0) is 42.7 Å². The Bertz CT molecular complexity index is 1090. The Balaban J connectivity index is 1.53. The van der Waals surface area contributed by atoms with E-state index >= 15 is 0 Å². The van der Waals surface area contributed by atoms with E-state index in [1.54, 1.807) is 24.3 Å². The summed E-state index contributed by atoms with van der Waals surface area (Å²) in [5, 5.41) is 3.96. The first kappa shape index (κ1) is 18.0. The fraction of sp³-hybridized carbons (Fsp3) is 0.217. The van der Waals surface area contributed by atoms with Gasteiger partial charge in [-0.2, -0.15) is 0 Å². The van der Waals surface area contributed by atoms with Crippen LogP contribution in [0.3, 0.4) is 0 Å². The molecule has 0 saturated heterocycles. The normalized spacial score (nSPS) is 14.1. The number of fused-ring (bicyclic) bond motifs is 1. The van der Waals surface area contributed by atoms with Crippen molar-refractivity contribution in [2.45, 2.75) is 20.3 Å². The minimum atomic E-state index is -0.149. The Labute approximate surface area is 164 Å². The quantitative estimate of drug-likeness (QED) is 0.716. The van der Waals surface area contributed by atoms with E-state index in [-0.39, 0.29) is 11.8 Å². The van der Waals surface area contributed by atoms with Crippen LogP contribution in [0, 0.1) is 6.92 Å². The maximum atomic E-state index is 12.9. The molecule has 0 unspecified atom stereocenters. The number of carbonyl (C=O) groups excluding carboxylic acids is 2. The highest BCUT2D eigenvalue weighted by atomic mass is 16.2. The number of rotatable bonds is 3. The molecule has 4 rings (SSSR count). The minimum absolute atomic E-state index is 0.0164. The lowest BCUT2D eigenvalue weighted by molar-refractivity contribution is -0.114. The van der Waals surface area contributed by atoms with Gasteiger partial charge in [0.1, 0.15) is 0 Å². The molecule has 1 aromatic heterocycles. The Morgan fingerprint density at radius 3 is 2.71 bits per heavy atom. The molecule has 0 atom stereocenters. The summed E-state index contributed by atoms with van der Waals surface area (Å²) in [6, 6.07) is 13.4. The summed E-state index contributed by atoms with van der Waals surface area (Å²) in [5.74, 6) is -0.165. The largest absolute Gasteiger partial charge is 0.360 e. The van der Waals surface area contributed by atoms with Crippen molar-refractivity contribution in [1.82, 2.24) is 9.88 Å². The molecule has 142 valence electrons. The van der Waals surface area contributed by atoms with Crippen molar-refractivity contribution in [3.63, 3.8) is 0 Å². The maximum absolute atomic E-state index is 12.9.